The van der Waals surface area contributed by atoms with Crippen molar-refractivity contribution < 1.29 is 52.1 Å². The van der Waals surface area contributed by atoms with E-state index in [4.69, 9.17) is 30.6 Å². The summed E-state index contributed by atoms with van der Waals surface area (Å²) in [6.07, 6.45) is -4.60. The van der Waals surface area contributed by atoms with Gasteiger partial charge in [-0.2, -0.15) is 4.98 Å². The maximum absolute atomic E-state index is 13.7. The molecule has 14 nitrogen and oxygen atoms in total. The second-order valence-corrected chi connectivity index (χ2v) is 12.8. The SMILES string of the molecule is C[C@H](Nc1nc(Cl)nn2c([C@@H]3O[C@H](COP(=O)(O)CP(=O)(O)O)[C@@H](O)[C@H]3O)cnc12)c1ccc(F)c(F)c1. The highest BCUT2D eigenvalue weighted by Gasteiger charge is 2.46. The fraction of sp³-hybridized carbons (Fsp3) is 0.421. The molecule has 1 fully saturated rings. The Hall–Kier alpha value is -2.10. The average Bonchev–Trinajstić information content (AvgIpc) is 3.33. The van der Waals surface area contributed by atoms with Gasteiger partial charge in [0.15, 0.2) is 29.0 Å². The van der Waals surface area contributed by atoms with Crippen LogP contribution >= 0.6 is 26.8 Å². The Kier molecular flexibility index (Phi) is 8.22. The van der Waals surface area contributed by atoms with Crippen molar-refractivity contribution in [2.45, 2.75) is 37.4 Å². The predicted molar refractivity (Wildman–Crippen MR) is 127 cm³/mol. The number of nitrogens with one attached hydrogen (secondary N) is 1. The number of aliphatic hydroxyl groups is 2. The van der Waals surface area contributed by atoms with Gasteiger partial charge in [-0.15, -0.1) is 5.10 Å². The maximum Gasteiger partial charge on any atom is 0.340 e. The van der Waals surface area contributed by atoms with Gasteiger partial charge in [0, 0.05) is 0 Å². The lowest BCUT2D eigenvalue weighted by atomic mass is 10.1. The summed E-state index contributed by atoms with van der Waals surface area (Å²) in [4.78, 5) is 35.7. The van der Waals surface area contributed by atoms with Crippen molar-refractivity contribution in [2.75, 3.05) is 17.8 Å². The Labute approximate surface area is 217 Å². The summed E-state index contributed by atoms with van der Waals surface area (Å²) in [6.45, 7) is 0.883. The number of rotatable bonds is 9. The Morgan fingerprint density at radius 1 is 1.21 bits per heavy atom. The molecule has 1 aliphatic rings. The molecule has 1 aromatic carbocycles. The molecule has 6 N–H and O–H groups in total. The minimum Gasteiger partial charge on any atom is -0.387 e. The average molecular weight is 600 g/mol. The smallest absolute Gasteiger partial charge is 0.340 e. The van der Waals surface area contributed by atoms with Crippen molar-refractivity contribution in [2.24, 2.45) is 0 Å². The van der Waals surface area contributed by atoms with E-state index in [9.17, 15) is 33.0 Å². The lowest BCUT2D eigenvalue weighted by Crippen LogP contribution is -2.33. The number of fused-ring (bicyclic) bond motifs is 1. The number of anilines is 1. The maximum atomic E-state index is 13.7. The number of benzene rings is 1. The zero-order chi connectivity index (χ0) is 28.0. The van der Waals surface area contributed by atoms with Gasteiger partial charge in [-0.1, -0.05) is 6.07 Å². The first kappa shape index (κ1) is 28.9. The molecule has 2 aromatic heterocycles. The fourth-order valence-electron chi connectivity index (χ4n) is 3.83. The van der Waals surface area contributed by atoms with E-state index in [1.165, 1.54) is 16.8 Å². The van der Waals surface area contributed by atoms with Crippen LogP contribution in [0.25, 0.3) is 5.65 Å². The topological polar surface area (TPSA) is 209 Å². The van der Waals surface area contributed by atoms with Crippen molar-refractivity contribution >= 4 is 38.3 Å². The lowest BCUT2D eigenvalue weighted by molar-refractivity contribution is -0.0204. The number of hydrogen-bond donors (Lipinski definition) is 6. The van der Waals surface area contributed by atoms with Crippen LogP contribution in [-0.2, 0) is 18.4 Å². The summed E-state index contributed by atoms with van der Waals surface area (Å²) in [5, 5.41) is 27.7. The highest BCUT2D eigenvalue weighted by molar-refractivity contribution is 7.70. The Balaban J connectivity index is 1.55. The van der Waals surface area contributed by atoms with Gasteiger partial charge < -0.3 is 39.5 Å². The molecule has 3 aromatic rings. The van der Waals surface area contributed by atoms with Gasteiger partial charge in [-0.3, -0.25) is 9.13 Å². The quantitative estimate of drug-likeness (QED) is 0.194. The molecule has 0 radical (unpaired) electrons. The van der Waals surface area contributed by atoms with Crippen LogP contribution in [0.4, 0.5) is 14.6 Å². The monoisotopic (exact) mass is 599 g/mol. The van der Waals surface area contributed by atoms with E-state index in [0.29, 0.717) is 5.56 Å². The molecule has 1 unspecified atom stereocenters. The number of hydrogen-bond acceptors (Lipinski definition) is 10. The zero-order valence-corrected chi connectivity index (χ0v) is 21.8. The zero-order valence-electron chi connectivity index (χ0n) is 19.3. The van der Waals surface area contributed by atoms with Gasteiger partial charge in [0.05, 0.1) is 24.5 Å². The van der Waals surface area contributed by atoms with Crippen molar-refractivity contribution in [3.05, 3.63) is 52.6 Å². The van der Waals surface area contributed by atoms with Gasteiger partial charge in [-0.05, 0) is 36.2 Å². The molecule has 0 amide bonds. The van der Waals surface area contributed by atoms with E-state index < -0.39 is 69.8 Å². The Bertz CT molecular complexity index is 1440. The van der Waals surface area contributed by atoms with E-state index in [0.717, 1.165) is 12.1 Å². The second kappa shape index (κ2) is 10.8. The molecule has 1 saturated heterocycles. The van der Waals surface area contributed by atoms with Crippen LogP contribution < -0.4 is 5.32 Å². The first-order chi connectivity index (χ1) is 17.6. The van der Waals surface area contributed by atoms with E-state index in [1.54, 1.807) is 6.92 Å². The molecule has 208 valence electrons. The normalized spacial score (nSPS) is 24.4. The third-order valence-corrected chi connectivity index (χ3v) is 9.23. The summed E-state index contributed by atoms with van der Waals surface area (Å²) < 4.78 is 61.4. The third-order valence-electron chi connectivity index (χ3n) is 5.62. The number of nitrogens with zero attached hydrogens (tertiary/aromatic N) is 4. The molecule has 6 atom stereocenters. The van der Waals surface area contributed by atoms with Crippen LogP contribution in [0.5, 0.6) is 0 Å². The van der Waals surface area contributed by atoms with E-state index in [2.05, 4.69) is 20.4 Å². The molecule has 38 heavy (non-hydrogen) atoms. The van der Waals surface area contributed by atoms with Crippen molar-refractivity contribution in [1.29, 1.82) is 0 Å². The van der Waals surface area contributed by atoms with Crippen LogP contribution in [0.15, 0.2) is 24.4 Å². The first-order valence-corrected chi connectivity index (χ1v) is 14.7. The van der Waals surface area contributed by atoms with Crippen LogP contribution in [0, 0.1) is 11.6 Å². The van der Waals surface area contributed by atoms with Gasteiger partial charge >= 0.3 is 15.2 Å². The first-order valence-electron chi connectivity index (χ1n) is 10.8. The Morgan fingerprint density at radius 2 is 1.92 bits per heavy atom. The number of aliphatic hydroxyl groups excluding tert-OH is 2. The molecule has 4 rings (SSSR count). The molecule has 3 heterocycles. The third kappa shape index (κ3) is 6.37. The summed E-state index contributed by atoms with van der Waals surface area (Å²) in [7, 11) is -9.60. The van der Waals surface area contributed by atoms with Gasteiger partial charge in [-0.25, -0.2) is 18.3 Å². The van der Waals surface area contributed by atoms with Crippen LogP contribution in [0.1, 0.15) is 30.3 Å². The molecule has 0 aliphatic carbocycles. The summed E-state index contributed by atoms with van der Waals surface area (Å²) in [5.41, 5.74) is 0.596. The molecular weight excluding hydrogens is 578 g/mol. The van der Waals surface area contributed by atoms with E-state index in [1.807, 2.05) is 0 Å². The summed E-state index contributed by atoms with van der Waals surface area (Å²) in [6, 6.07) is 2.79. The molecule has 0 spiro atoms. The molecular formula is C19H22ClF2N5O9P2. The van der Waals surface area contributed by atoms with Crippen molar-refractivity contribution in [3.63, 3.8) is 0 Å². The van der Waals surface area contributed by atoms with Crippen molar-refractivity contribution in [3.8, 4) is 0 Å². The van der Waals surface area contributed by atoms with E-state index in [-0.39, 0.29) is 22.4 Å². The predicted octanol–water partition coefficient (Wildman–Crippen LogP) is 1.73. The van der Waals surface area contributed by atoms with Crippen LogP contribution in [-0.4, -0.2) is 75.3 Å². The number of ether oxygens (including phenoxy) is 1. The highest BCUT2D eigenvalue weighted by atomic mass is 35.5. The highest BCUT2D eigenvalue weighted by Crippen LogP contribution is 2.55. The molecule has 1 aliphatic heterocycles. The largest absolute Gasteiger partial charge is 0.387 e. The summed E-state index contributed by atoms with van der Waals surface area (Å²) in [5.74, 6) is -3.37. The fourth-order valence-corrected chi connectivity index (χ4v) is 6.56. The van der Waals surface area contributed by atoms with Crippen molar-refractivity contribution in [1.82, 2.24) is 19.6 Å². The summed E-state index contributed by atoms with van der Waals surface area (Å²) >= 11 is 6.07. The minimum absolute atomic E-state index is 0.0973. The van der Waals surface area contributed by atoms with Crippen LogP contribution in [0.2, 0.25) is 5.28 Å². The Morgan fingerprint density at radius 3 is 2.58 bits per heavy atom. The number of aromatic nitrogens is 4. The standard InChI is InChI=1S/C19H22ClF2N5O9P2/c1-8(9-2-3-10(21)11(22)4-9)24-17-18-23-5-12(27(18)26-19(20)25-17)16-15(29)14(28)13(36-16)6-35-38(33,34)7-37(30,31)32/h2-5,8,13-16,28-29H,6-7H2,1H3,(H,33,34)(H,24,25,26)(H2,30,31,32)/t8-,13+,14+,15+,16-/m0/s1. The number of halogens is 3. The van der Waals surface area contributed by atoms with E-state index >= 15 is 0 Å². The van der Waals surface area contributed by atoms with Gasteiger partial charge in [0.25, 0.3) is 0 Å². The molecule has 0 saturated carbocycles. The number of imidazole rings is 1. The van der Waals surface area contributed by atoms with Gasteiger partial charge in [0.1, 0.15) is 24.4 Å². The lowest BCUT2D eigenvalue weighted by Gasteiger charge is -2.18. The minimum atomic E-state index is -4.87. The second-order valence-electron chi connectivity index (χ2n) is 8.50. The molecule has 19 heteroatoms. The van der Waals surface area contributed by atoms with Gasteiger partial charge in [0.2, 0.25) is 5.28 Å². The molecule has 0 bridgehead atoms. The van der Waals surface area contributed by atoms with Crippen LogP contribution in [0.3, 0.4) is 0 Å².